The summed E-state index contributed by atoms with van der Waals surface area (Å²) in [5, 5.41) is 2.60. The molecule has 0 aromatic heterocycles. The van der Waals surface area contributed by atoms with Gasteiger partial charge in [-0.3, -0.25) is 4.79 Å². The zero-order valence-electron chi connectivity index (χ0n) is 15.4. The molecule has 2 aromatic carbocycles. The Morgan fingerprint density at radius 3 is 2.41 bits per heavy atom. The van der Waals surface area contributed by atoms with Crippen molar-refractivity contribution in [2.75, 3.05) is 25.6 Å². The molecule has 2 aromatic rings. The summed E-state index contributed by atoms with van der Waals surface area (Å²) in [6.07, 6.45) is 0. The lowest BCUT2D eigenvalue weighted by Crippen LogP contribution is -2.24. The predicted octanol–water partition coefficient (Wildman–Crippen LogP) is 2.65. The molecule has 1 amide bonds. The first-order valence-electron chi connectivity index (χ1n) is 8.23. The van der Waals surface area contributed by atoms with Crippen molar-refractivity contribution >= 4 is 23.5 Å². The summed E-state index contributed by atoms with van der Waals surface area (Å²) < 4.78 is 14.9. The van der Waals surface area contributed by atoms with E-state index in [0.29, 0.717) is 17.0 Å². The molecule has 7 heteroatoms. The lowest BCUT2D eigenvalue weighted by atomic mass is 10.1. The maximum absolute atomic E-state index is 12.0. The van der Waals surface area contributed by atoms with Gasteiger partial charge in [0.15, 0.2) is 13.2 Å². The van der Waals surface area contributed by atoms with Gasteiger partial charge < -0.3 is 19.5 Å². The summed E-state index contributed by atoms with van der Waals surface area (Å²) in [6, 6.07) is 12.0. The minimum absolute atomic E-state index is 0.297. The average molecular weight is 371 g/mol. The quantitative estimate of drug-likeness (QED) is 0.753. The fraction of sp³-hybridized carbons (Fsp3) is 0.250. The molecule has 27 heavy (non-hydrogen) atoms. The second-order valence-corrected chi connectivity index (χ2v) is 5.78. The number of hydrogen-bond donors (Lipinski definition) is 1. The number of amides is 1. The minimum atomic E-state index is -0.659. The molecule has 0 aliphatic carbocycles. The van der Waals surface area contributed by atoms with E-state index in [0.717, 1.165) is 11.1 Å². The second-order valence-electron chi connectivity index (χ2n) is 5.78. The van der Waals surface area contributed by atoms with Gasteiger partial charge in [0.2, 0.25) is 0 Å². The monoisotopic (exact) mass is 371 g/mol. The lowest BCUT2D eigenvalue weighted by molar-refractivity contribution is -0.149. The summed E-state index contributed by atoms with van der Waals surface area (Å²) in [7, 11) is 1.28. The molecule has 0 aliphatic heterocycles. The number of rotatable bonds is 7. The number of ether oxygens (including phenoxy) is 3. The molecule has 0 heterocycles. The molecule has 0 saturated heterocycles. The van der Waals surface area contributed by atoms with Crippen LogP contribution in [0.1, 0.15) is 21.5 Å². The number of anilines is 1. The van der Waals surface area contributed by atoms with E-state index in [2.05, 4.69) is 10.1 Å². The van der Waals surface area contributed by atoms with E-state index in [1.807, 2.05) is 19.1 Å². The third-order valence-electron chi connectivity index (χ3n) is 3.74. The van der Waals surface area contributed by atoms with Crippen molar-refractivity contribution in [1.29, 1.82) is 0 Å². The summed E-state index contributed by atoms with van der Waals surface area (Å²) in [5.41, 5.74) is 2.39. The van der Waals surface area contributed by atoms with Gasteiger partial charge in [0.1, 0.15) is 5.75 Å². The van der Waals surface area contributed by atoms with Gasteiger partial charge in [-0.05, 0) is 43.2 Å². The van der Waals surface area contributed by atoms with E-state index in [9.17, 15) is 14.4 Å². The van der Waals surface area contributed by atoms with Crippen LogP contribution in [0.4, 0.5) is 5.69 Å². The fourth-order valence-electron chi connectivity index (χ4n) is 2.23. The molecule has 0 saturated carbocycles. The molecule has 7 nitrogen and oxygen atoms in total. The van der Waals surface area contributed by atoms with E-state index >= 15 is 0 Å². The maximum Gasteiger partial charge on any atom is 0.344 e. The van der Waals surface area contributed by atoms with Gasteiger partial charge in [0, 0.05) is 5.69 Å². The van der Waals surface area contributed by atoms with Crippen molar-refractivity contribution in [3.8, 4) is 5.75 Å². The first-order valence-corrected chi connectivity index (χ1v) is 8.23. The van der Waals surface area contributed by atoms with Crippen molar-refractivity contribution in [3.05, 3.63) is 59.2 Å². The van der Waals surface area contributed by atoms with Crippen LogP contribution < -0.4 is 10.1 Å². The molecule has 0 aliphatic rings. The minimum Gasteiger partial charge on any atom is -0.482 e. The number of nitrogens with one attached hydrogen (secondary N) is 1. The Bertz CT molecular complexity index is 846. The molecule has 1 N–H and O–H groups in total. The van der Waals surface area contributed by atoms with Crippen LogP contribution in [-0.4, -0.2) is 38.2 Å². The van der Waals surface area contributed by atoms with Gasteiger partial charge in [-0.2, -0.15) is 0 Å². The molecule has 0 fully saturated rings. The van der Waals surface area contributed by atoms with Crippen molar-refractivity contribution in [1.82, 2.24) is 0 Å². The van der Waals surface area contributed by atoms with Crippen LogP contribution in [0.3, 0.4) is 0 Å². The second kappa shape index (κ2) is 9.38. The normalized spacial score (nSPS) is 10.0. The highest BCUT2D eigenvalue weighted by molar-refractivity contribution is 5.96. The van der Waals surface area contributed by atoms with Crippen LogP contribution in [0.15, 0.2) is 42.5 Å². The third kappa shape index (κ3) is 5.85. The van der Waals surface area contributed by atoms with Crippen LogP contribution in [-0.2, 0) is 19.1 Å². The van der Waals surface area contributed by atoms with Crippen LogP contribution in [0.2, 0.25) is 0 Å². The fourth-order valence-corrected chi connectivity index (χ4v) is 2.23. The molecule has 2 rings (SSSR count). The van der Waals surface area contributed by atoms with Crippen LogP contribution in [0.5, 0.6) is 5.75 Å². The first-order chi connectivity index (χ1) is 12.9. The standard InChI is InChI=1S/C20H21NO6/c1-13-8-9-15(20(24)25-3)10-16(13)21-18(22)11-27-19(23)12-26-17-7-5-4-6-14(17)2/h4-10H,11-12H2,1-3H3,(H,21,22). The van der Waals surface area contributed by atoms with Gasteiger partial charge in [0.05, 0.1) is 12.7 Å². The van der Waals surface area contributed by atoms with Crippen LogP contribution in [0, 0.1) is 13.8 Å². The van der Waals surface area contributed by atoms with Crippen LogP contribution in [0.25, 0.3) is 0 Å². The molecule has 0 spiro atoms. The highest BCUT2D eigenvalue weighted by atomic mass is 16.6. The van der Waals surface area contributed by atoms with Gasteiger partial charge in [-0.25, -0.2) is 9.59 Å². The Balaban J connectivity index is 1.84. The Labute approximate surface area is 157 Å². The van der Waals surface area contributed by atoms with Crippen molar-refractivity contribution in [3.63, 3.8) is 0 Å². The molecule has 0 radical (unpaired) electrons. The predicted molar refractivity (Wildman–Crippen MR) is 98.8 cm³/mol. The molecule has 0 unspecified atom stereocenters. The molecule has 142 valence electrons. The van der Waals surface area contributed by atoms with Gasteiger partial charge in [-0.1, -0.05) is 24.3 Å². The lowest BCUT2D eigenvalue weighted by Gasteiger charge is -2.11. The molecular formula is C20H21NO6. The number of aryl methyl sites for hydroxylation is 2. The van der Waals surface area contributed by atoms with Gasteiger partial charge in [0.25, 0.3) is 5.91 Å². The Morgan fingerprint density at radius 2 is 1.70 bits per heavy atom. The van der Waals surface area contributed by atoms with E-state index < -0.39 is 24.5 Å². The number of carbonyl (C=O) groups is 3. The van der Waals surface area contributed by atoms with Crippen molar-refractivity contribution in [2.45, 2.75) is 13.8 Å². The third-order valence-corrected chi connectivity index (χ3v) is 3.74. The zero-order chi connectivity index (χ0) is 19.8. The number of methoxy groups -OCH3 is 1. The largest absolute Gasteiger partial charge is 0.482 e. The van der Waals surface area contributed by atoms with E-state index in [4.69, 9.17) is 9.47 Å². The Hall–Kier alpha value is -3.35. The van der Waals surface area contributed by atoms with Gasteiger partial charge >= 0.3 is 11.9 Å². The summed E-state index contributed by atoms with van der Waals surface area (Å²) in [4.78, 5) is 35.3. The number of benzene rings is 2. The van der Waals surface area contributed by atoms with E-state index in [1.54, 1.807) is 31.2 Å². The molecule has 0 bridgehead atoms. The number of para-hydroxylation sites is 1. The summed E-state index contributed by atoms with van der Waals surface area (Å²) >= 11 is 0. The zero-order valence-corrected chi connectivity index (χ0v) is 15.4. The van der Waals surface area contributed by atoms with E-state index in [1.165, 1.54) is 13.2 Å². The average Bonchev–Trinajstić information content (AvgIpc) is 2.66. The smallest absolute Gasteiger partial charge is 0.344 e. The topological polar surface area (TPSA) is 90.9 Å². The van der Waals surface area contributed by atoms with Gasteiger partial charge in [-0.15, -0.1) is 0 Å². The number of esters is 2. The SMILES string of the molecule is COC(=O)c1ccc(C)c(NC(=O)COC(=O)COc2ccccc2C)c1. The summed E-state index contributed by atoms with van der Waals surface area (Å²) in [5.74, 6) is -1.11. The van der Waals surface area contributed by atoms with Crippen molar-refractivity contribution < 1.29 is 28.6 Å². The Morgan fingerprint density at radius 1 is 0.963 bits per heavy atom. The number of hydrogen-bond acceptors (Lipinski definition) is 6. The first kappa shape index (κ1) is 20.0. The van der Waals surface area contributed by atoms with Crippen LogP contribution >= 0.6 is 0 Å². The highest BCUT2D eigenvalue weighted by Gasteiger charge is 2.12. The summed E-state index contributed by atoms with van der Waals surface area (Å²) in [6.45, 7) is 2.88. The number of carbonyl (C=O) groups excluding carboxylic acids is 3. The molecule has 0 atom stereocenters. The van der Waals surface area contributed by atoms with E-state index in [-0.39, 0.29) is 6.61 Å². The highest BCUT2D eigenvalue weighted by Crippen LogP contribution is 2.18. The maximum atomic E-state index is 12.0. The Kier molecular flexibility index (Phi) is 6.93. The molecular weight excluding hydrogens is 350 g/mol. The van der Waals surface area contributed by atoms with Crippen molar-refractivity contribution in [2.24, 2.45) is 0 Å².